The molecule has 0 unspecified atom stereocenters. The van der Waals surface area contributed by atoms with Crippen LogP contribution in [0.3, 0.4) is 0 Å². The van der Waals surface area contributed by atoms with Crippen molar-refractivity contribution in [3.05, 3.63) is 24.3 Å². The number of carbonyl (C=O) groups is 17. The van der Waals surface area contributed by atoms with Gasteiger partial charge in [-0.2, -0.15) is 0 Å². The topological polar surface area (TPSA) is 577 Å². The summed E-state index contributed by atoms with van der Waals surface area (Å²) < 4.78 is 5.06. The van der Waals surface area contributed by atoms with Crippen molar-refractivity contribution < 1.29 is 117 Å². The van der Waals surface area contributed by atoms with Crippen LogP contribution in [0.5, 0.6) is 0 Å². The van der Waals surface area contributed by atoms with Gasteiger partial charge in [0.1, 0.15) is 43.1 Å². The second-order valence-electron chi connectivity index (χ2n) is 39.4. The van der Waals surface area contributed by atoms with Gasteiger partial charge >= 0.3 is 24.1 Å². The number of rotatable bonds is 51. The number of nitrogens with one attached hydrogen (secondary N) is 13. The summed E-state index contributed by atoms with van der Waals surface area (Å²) in [4.78, 5) is 191. The Morgan fingerprint density at radius 1 is 0.268 bits per heavy atom. The van der Waals surface area contributed by atoms with Crippen LogP contribution in [-0.2, 0) is 67.1 Å². The van der Waals surface area contributed by atoms with Crippen LogP contribution in [0.15, 0.2) is 24.3 Å². The average molecular weight is 1970 g/mol. The first-order valence-corrected chi connectivity index (χ1v) is 49.2. The molecule has 0 saturated carbocycles. The minimum Gasteiger partial charge on any atom is -0.382 e. The summed E-state index contributed by atoms with van der Waals surface area (Å²) in [5.41, 5.74) is 1.33. The van der Waals surface area contributed by atoms with Gasteiger partial charge in [0.2, 0.25) is 11.7 Å². The molecule has 0 saturated heterocycles. The van der Waals surface area contributed by atoms with Crippen molar-refractivity contribution in [3.8, 4) is 0 Å². The molecular weight excluding hydrogens is 1780 g/mol. The number of Topliss-reactive ketones (excluding diaryl/α,β-unsaturated/α-hetero) is 8. The molecule has 138 heavy (non-hydrogen) atoms. The highest BCUT2D eigenvalue weighted by Gasteiger charge is 2.33. The van der Waals surface area contributed by atoms with Gasteiger partial charge < -0.3 is 104 Å². The molecule has 0 bridgehead atoms. The van der Waals surface area contributed by atoms with Crippen LogP contribution in [-0.4, -0.2) is 248 Å². The lowest BCUT2D eigenvalue weighted by Crippen LogP contribution is -2.47. The predicted molar refractivity (Wildman–Crippen MR) is 548 cm³/mol. The molecule has 6 atom stereocenters. The second kappa shape index (κ2) is 87.9. The van der Waals surface area contributed by atoms with Gasteiger partial charge in [0.05, 0.1) is 0 Å². The lowest BCUT2D eigenvalue weighted by atomic mass is 10.00. The summed E-state index contributed by atoms with van der Waals surface area (Å²) in [7, 11) is 0. The number of amides is 13. The Labute approximate surface area is 828 Å². The molecule has 13 amide bonds. The lowest BCUT2D eigenvalue weighted by Gasteiger charge is -2.18. The first-order valence-electron chi connectivity index (χ1n) is 49.2. The van der Waals surface area contributed by atoms with Crippen LogP contribution < -0.4 is 69.1 Å². The molecule has 0 aliphatic heterocycles. The normalized spacial score (nSPS) is 12.0. The molecule has 1 aromatic carbocycles. The van der Waals surface area contributed by atoms with E-state index in [0.717, 1.165) is 19.3 Å². The monoisotopic (exact) mass is 1970 g/mol. The number of hydrogen-bond donors (Lipinski definition) is 19. The SMILES string of the molecule is CC.CC(C)CC(=O)C(=O)NC(C)C.CC(C)CC(=O)CCC(=O)NC(C)C.CC(C)CC(=O)CCCCCNC(=O)NC(C)C.CC(C)CC(=O)COCC(=O)CC(C)C.CC(C)CC(=O)[C@@H](O)[C@H](O)C(=O)NC(C)C.CC(C)CC(=O)[C@H](O)[C@@H](O)C(=O)NC(C)C.CC(C)CC(=O)[C@H](O)[C@H](O)C(=O)NC(C)C.CC(C)NC(=O)NC(C)C.CCNC(=O)Nc1ccc(NC(=O)NC(C)C)cc1. The van der Waals surface area contributed by atoms with E-state index in [-0.39, 0.29) is 164 Å². The molecule has 0 aliphatic carbocycles. The zero-order valence-corrected chi connectivity index (χ0v) is 91.3. The Kier molecular flexibility index (Phi) is 93.4. The predicted octanol–water partition coefficient (Wildman–Crippen LogP) is 12.2. The highest BCUT2D eigenvalue weighted by Crippen LogP contribution is 2.16. The summed E-state index contributed by atoms with van der Waals surface area (Å²) in [6, 6.07) is 6.61. The number of hydrogen-bond acceptors (Lipinski definition) is 24. The van der Waals surface area contributed by atoms with E-state index in [1.165, 1.54) is 0 Å². The number of urea groups is 4. The maximum atomic E-state index is 11.5. The molecule has 37 nitrogen and oxygen atoms in total. The van der Waals surface area contributed by atoms with Crippen LogP contribution in [0, 0.1) is 47.3 Å². The van der Waals surface area contributed by atoms with Crippen molar-refractivity contribution in [3.63, 3.8) is 0 Å². The van der Waals surface area contributed by atoms with E-state index in [1.54, 1.807) is 65.8 Å². The van der Waals surface area contributed by atoms with Crippen molar-refractivity contribution in [2.45, 2.75) is 437 Å². The Morgan fingerprint density at radius 3 is 0.819 bits per heavy atom. The van der Waals surface area contributed by atoms with Gasteiger partial charge in [0, 0.05) is 149 Å². The second-order valence-corrected chi connectivity index (χ2v) is 39.4. The molecule has 0 radical (unpaired) electrons. The van der Waals surface area contributed by atoms with Gasteiger partial charge in [-0.15, -0.1) is 0 Å². The van der Waals surface area contributed by atoms with Crippen molar-refractivity contribution in [2.75, 3.05) is 36.9 Å². The molecule has 0 aromatic heterocycles. The number of ketones is 8. The molecule has 806 valence electrons. The highest BCUT2D eigenvalue weighted by molar-refractivity contribution is 6.36. The van der Waals surface area contributed by atoms with Crippen LogP contribution in [0.4, 0.5) is 30.6 Å². The zero-order valence-electron chi connectivity index (χ0n) is 91.3. The average Bonchev–Trinajstić information content (AvgIpc) is 0.898. The quantitative estimate of drug-likeness (QED) is 0.0213. The number of unbranched alkanes of at least 4 members (excludes halogenated alkanes) is 2. The van der Waals surface area contributed by atoms with Crippen LogP contribution in [0.1, 0.15) is 346 Å². The van der Waals surface area contributed by atoms with Gasteiger partial charge in [-0.05, 0) is 216 Å². The van der Waals surface area contributed by atoms with Crippen molar-refractivity contribution in [1.82, 2.24) is 58.5 Å². The number of aliphatic hydroxyl groups is 6. The third-order valence-corrected chi connectivity index (χ3v) is 16.1. The minimum absolute atomic E-state index is 0.0305. The van der Waals surface area contributed by atoms with Crippen LogP contribution in [0.25, 0.3) is 0 Å². The van der Waals surface area contributed by atoms with E-state index < -0.39 is 77.6 Å². The Balaban J connectivity index is -0.000000194. The number of carbonyl (C=O) groups excluding carboxylic acids is 17. The maximum absolute atomic E-state index is 11.5. The lowest BCUT2D eigenvalue weighted by molar-refractivity contribution is -0.145. The van der Waals surface area contributed by atoms with E-state index in [1.807, 2.05) is 201 Å². The van der Waals surface area contributed by atoms with E-state index >= 15 is 0 Å². The van der Waals surface area contributed by atoms with Gasteiger partial charge in [0.25, 0.3) is 23.6 Å². The Bertz CT molecular complexity index is 3220. The maximum Gasteiger partial charge on any atom is 0.319 e. The first-order chi connectivity index (χ1) is 63.5. The highest BCUT2D eigenvalue weighted by atomic mass is 16.5. The van der Waals surface area contributed by atoms with Crippen LogP contribution >= 0.6 is 0 Å². The molecular formula is C101H193N13O24. The molecule has 0 fully saturated rings. The number of aliphatic hydroxyl groups excluding tert-OH is 6. The fourth-order valence-corrected chi connectivity index (χ4v) is 10.6. The molecule has 0 heterocycles. The van der Waals surface area contributed by atoms with Gasteiger partial charge in [-0.25, -0.2) is 19.2 Å². The Hall–Kier alpha value is -9.27. The fraction of sp³-hybridized carbons (Fsp3) is 0.772. The fourth-order valence-electron chi connectivity index (χ4n) is 10.6. The summed E-state index contributed by atoms with van der Waals surface area (Å²) in [5.74, 6) is -1.78. The largest absolute Gasteiger partial charge is 0.382 e. The van der Waals surface area contributed by atoms with E-state index in [4.69, 9.17) is 4.74 Å². The number of ether oxygens (including phenoxy) is 1. The summed E-state index contributed by atoms with van der Waals surface area (Å²) in [6.45, 7) is 71.3. The van der Waals surface area contributed by atoms with E-state index in [0.29, 0.717) is 105 Å². The zero-order chi connectivity index (χ0) is 110. The molecule has 1 rings (SSSR count). The number of anilines is 2. The summed E-state index contributed by atoms with van der Waals surface area (Å²) in [5, 5.41) is 91.0. The smallest absolute Gasteiger partial charge is 0.319 e. The molecule has 0 aliphatic rings. The third kappa shape index (κ3) is 103. The van der Waals surface area contributed by atoms with Crippen LogP contribution in [0.2, 0.25) is 0 Å². The standard InChI is InChI=1S/C14H28N2O2.C13H20N4O2.C12H22O3.3C11H21NO4.C11H21NO2.C9H17NO2.C7H16N2O.C2H6/c1-11(2)10-13(17)8-6-5-7-9-15-14(18)16-12(3)4;1-4-14-12(18)16-10-5-7-11(8-6-10)17-13(19)15-9(2)3;1-9(2)5-11(13)7-15-8-12(14)6-10(3)4;3*1-6(2)5-8(13)9(14)10(15)11(16)12-7(3)4;1-8(2)7-10(13)5-6-11(14)12-9(3)4;1-6(2)5-8(11)9(12)10-7(3)4;1-5(2)8-7(10)9-6(3)4;1-2/h11-12H,5-10H2,1-4H3,(H2,15,16,18);5-9H,4H2,1-3H3,(H2,14,16,18)(H2,15,17,19);9-10H,5-8H2,1-4H3;3*6-7,9-10,14-15H,5H2,1-4H3,(H,12,16);8-9H,5-7H2,1-4H3,(H,12,14);6-7H,5H2,1-4H3,(H,10,12);5-6H,1-4H3,(H2,8,9,10);1-2H3/t;;;2*9-,10+;9-,10-;;;;/m...100..../s1. The number of benzene rings is 1. The van der Waals surface area contributed by atoms with Gasteiger partial charge in [-0.3, -0.25) is 62.3 Å². The summed E-state index contributed by atoms with van der Waals surface area (Å²) in [6.07, 6.45) is -2.66. The molecule has 37 heteroatoms. The van der Waals surface area contributed by atoms with Crippen molar-refractivity contribution in [2.24, 2.45) is 47.3 Å². The molecule has 0 spiro atoms. The Morgan fingerprint density at radius 2 is 0.536 bits per heavy atom. The van der Waals surface area contributed by atoms with Crippen molar-refractivity contribution >= 4 is 111 Å². The van der Waals surface area contributed by atoms with Gasteiger partial charge in [-0.1, -0.05) is 131 Å². The molecule has 19 N–H and O–H groups in total. The van der Waals surface area contributed by atoms with E-state index in [9.17, 15) is 112 Å². The molecule has 1 aromatic rings. The third-order valence-electron chi connectivity index (χ3n) is 16.1. The summed E-state index contributed by atoms with van der Waals surface area (Å²) >= 11 is 0. The van der Waals surface area contributed by atoms with Crippen molar-refractivity contribution in [1.29, 1.82) is 0 Å². The van der Waals surface area contributed by atoms with Gasteiger partial charge in [0.15, 0.2) is 47.2 Å². The minimum atomic E-state index is -1.69. The first kappa shape index (κ1) is 147. The van der Waals surface area contributed by atoms with E-state index in [2.05, 4.69) is 83.0 Å².